The van der Waals surface area contributed by atoms with Crippen molar-refractivity contribution in [3.8, 4) is 0 Å². The van der Waals surface area contributed by atoms with Crippen molar-refractivity contribution < 1.29 is 17.9 Å². The fraction of sp³-hybridized carbons (Fsp3) is 0.588. The normalized spacial score (nSPS) is 23.6. The molecule has 1 aromatic rings. The van der Waals surface area contributed by atoms with Crippen molar-refractivity contribution in [3.05, 3.63) is 29.3 Å². The van der Waals surface area contributed by atoms with E-state index in [9.17, 15) is 13.2 Å². The van der Waals surface area contributed by atoms with E-state index >= 15 is 0 Å². The second kappa shape index (κ2) is 7.61. The molecule has 0 aromatic heterocycles. The summed E-state index contributed by atoms with van der Waals surface area (Å²) in [6.07, 6.45) is 1.16. The minimum atomic E-state index is -3.53. The first kappa shape index (κ1) is 18.6. The van der Waals surface area contributed by atoms with Gasteiger partial charge in [0.1, 0.15) is 0 Å². The van der Waals surface area contributed by atoms with Crippen LogP contribution in [0.3, 0.4) is 0 Å². The Bertz CT molecular complexity index is 715. The van der Waals surface area contributed by atoms with Crippen molar-refractivity contribution in [2.45, 2.75) is 30.8 Å². The molecule has 1 unspecified atom stereocenters. The quantitative estimate of drug-likeness (QED) is 0.796. The van der Waals surface area contributed by atoms with Crippen LogP contribution in [0.15, 0.2) is 29.2 Å². The van der Waals surface area contributed by atoms with Crippen LogP contribution in [-0.4, -0.2) is 62.4 Å². The summed E-state index contributed by atoms with van der Waals surface area (Å²) in [4.78, 5) is 14.7. The van der Waals surface area contributed by atoms with Crippen LogP contribution in [0.4, 0.5) is 0 Å². The summed E-state index contributed by atoms with van der Waals surface area (Å²) >= 11 is 5.83. The predicted molar refractivity (Wildman–Crippen MR) is 94.9 cm³/mol. The lowest BCUT2D eigenvalue weighted by molar-refractivity contribution is -0.143. The summed E-state index contributed by atoms with van der Waals surface area (Å²) in [5, 5.41) is 0.503. The minimum absolute atomic E-state index is 0.0584. The Morgan fingerprint density at radius 1 is 1.16 bits per heavy atom. The van der Waals surface area contributed by atoms with Crippen LogP contribution >= 0.6 is 11.6 Å². The molecule has 3 rings (SSSR count). The summed E-state index contributed by atoms with van der Waals surface area (Å²) in [7, 11) is -3.53. The van der Waals surface area contributed by atoms with Gasteiger partial charge < -0.3 is 9.64 Å². The van der Waals surface area contributed by atoms with Crippen molar-refractivity contribution in [2.24, 2.45) is 5.92 Å². The van der Waals surface area contributed by atoms with E-state index in [4.69, 9.17) is 16.3 Å². The smallest absolute Gasteiger partial charge is 0.243 e. The molecule has 2 saturated heterocycles. The Morgan fingerprint density at radius 2 is 1.80 bits per heavy atom. The maximum Gasteiger partial charge on any atom is 0.243 e. The van der Waals surface area contributed by atoms with Crippen LogP contribution in [0.5, 0.6) is 0 Å². The molecule has 8 heteroatoms. The second-order valence-corrected chi connectivity index (χ2v) is 8.97. The number of sulfonamides is 1. The van der Waals surface area contributed by atoms with Crippen LogP contribution in [0.1, 0.15) is 19.8 Å². The molecule has 0 bridgehead atoms. The van der Waals surface area contributed by atoms with Crippen molar-refractivity contribution in [3.63, 3.8) is 0 Å². The standard InChI is InChI=1S/C17H23ClN2O4S/c1-13-12-19(10-11-24-13)17(21)14-6-8-20(9-7-14)25(22,23)16-4-2-15(18)3-5-16/h2-5,13-14H,6-12H2,1H3. The molecule has 1 amide bonds. The van der Waals surface area contributed by atoms with Gasteiger partial charge in [0.05, 0.1) is 17.6 Å². The average molecular weight is 387 g/mol. The molecule has 0 radical (unpaired) electrons. The van der Waals surface area contributed by atoms with Crippen LogP contribution in [0.2, 0.25) is 5.02 Å². The van der Waals surface area contributed by atoms with Gasteiger partial charge in [0.25, 0.3) is 0 Å². The van der Waals surface area contributed by atoms with Crippen molar-refractivity contribution in [1.29, 1.82) is 0 Å². The number of amides is 1. The van der Waals surface area contributed by atoms with Gasteiger partial charge in [0, 0.05) is 37.1 Å². The number of halogens is 1. The topological polar surface area (TPSA) is 66.9 Å². The number of hydrogen-bond acceptors (Lipinski definition) is 4. The Morgan fingerprint density at radius 3 is 2.40 bits per heavy atom. The Labute approximate surface area is 153 Å². The van der Waals surface area contributed by atoms with E-state index in [2.05, 4.69) is 0 Å². The number of piperidine rings is 1. The fourth-order valence-electron chi connectivity index (χ4n) is 3.38. The van der Waals surface area contributed by atoms with Crippen LogP contribution < -0.4 is 0 Å². The monoisotopic (exact) mass is 386 g/mol. The van der Waals surface area contributed by atoms with Gasteiger partial charge in [-0.1, -0.05) is 11.6 Å². The van der Waals surface area contributed by atoms with E-state index in [1.165, 1.54) is 16.4 Å². The van der Waals surface area contributed by atoms with Crippen molar-refractivity contribution in [1.82, 2.24) is 9.21 Å². The minimum Gasteiger partial charge on any atom is -0.375 e. The summed E-state index contributed by atoms with van der Waals surface area (Å²) in [5.41, 5.74) is 0. The first-order valence-electron chi connectivity index (χ1n) is 8.54. The predicted octanol–water partition coefficient (Wildman–Crippen LogP) is 1.99. The molecule has 2 heterocycles. The third-order valence-corrected chi connectivity index (χ3v) is 6.97. The lowest BCUT2D eigenvalue weighted by atomic mass is 9.96. The summed E-state index contributed by atoms with van der Waals surface area (Å²) < 4.78 is 32.3. The molecule has 0 spiro atoms. The van der Waals surface area contributed by atoms with Gasteiger partial charge in [0.15, 0.2) is 0 Å². The number of benzene rings is 1. The maximum atomic E-state index is 12.7. The lowest BCUT2D eigenvalue weighted by Crippen LogP contribution is -2.49. The van der Waals surface area contributed by atoms with Crippen molar-refractivity contribution >= 4 is 27.5 Å². The largest absolute Gasteiger partial charge is 0.375 e. The highest BCUT2D eigenvalue weighted by molar-refractivity contribution is 7.89. The van der Waals surface area contributed by atoms with Gasteiger partial charge in [-0.05, 0) is 44.0 Å². The van der Waals surface area contributed by atoms with Gasteiger partial charge in [-0.2, -0.15) is 4.31 Å². The number of morpholine rings is 1. The first-order valence-corrected chi connectivity index (χ1v) is 10.4. The summed E-state index contributed by atoms with van der Waals surface area (Å²) in [6, 6.07) is 6.18. The highest BCUT2D eigenvalue weighted by atomic mass is 35.5. The van der Waals surface area contributed by atoms with Gasteiger partial charge >= 0.3 is 0 Å². The average Bonchev–Trinajstić information content (AvgIpc) is 2.61. The number of ether oxygens (including phenoxy) is 1. The van der Waals surface area contributed by atoms with Gasteiger partial charge in [0.2, 0.25) is 15.9 Å². The fourth-order valence-corrected chi connectivity index (χ4v) is 4.97. The van der Waals surface area contributed by atoms with Crippen LogP contribution in [-0.2, 0) is 19.6 Å². The Hall–Kier alpha value is -1.15. The molecule has 138 valence electrons. The molecule has 2 aliphatic rings. The zero-order chi connectivity index (χ0) is 18.0. The van der Waals surface area contributed by atoms with Gasteiger partial charge in [-0.25, -0.2) is 8.42 Å². The molecule has 1 atom stereocenters. The van der Waals surface area contributed by atoms with Crippen LogP contribution in [0.25, 0.3) is 0 Å². The molecule has 2 aliphatic heterocycles. The molecule has 0 saturated carbocycles. The molecular weight excluding hydrogens is 364 g/mol. The Balaban J connectivity index is 1.61. The van der Waals surface area contributed by atoms with Crippen LogP contribution in [0, 0.1) is 5.92 Å². The SMILES string of the molecule is CC1CN(C(=O)C2CCN(S(=O)(=O)c3ccc(Cl)cc3)CC2)CCO1. The van der Waals surface area contributed by atoms with E-state index in [1.54, 1.807) is 12.1 Å². The highest BCUT2D eigenvalue weighted by Crippen LogP contribution is 2.26. The van der Waals surface area contributed by atoms with E-state index in [0.29, 0.717) is 50.7 Å². The number of rotatable bonds is 3. The zero-order valence-corrected chi connectivity index (χ0v) is 15.8. The highest BCUT2D eigenvalue weighted by Gasteiger charge is 2.34. The number of carbonyl (C=O) groups excluding carboxylic acids is 1. The number of nitrogens with zero attached hydrogens (tertiary/aromatic N) is 2. The van der Waals surface area contributed by atoms with Gasteiger partial charge in [-0.15, -0.1) is 0 Å². The number of hydrogen-bond donors (Lipinski definition) is 0. The summed E-state index contributed by atoms with van der Waals surface area (Å²) in [6.45, 7) is 4.48. The zero-order valence-electron chi connectivity index (χ0n) is 14.2. The van der Waals surface area contributed by atoms with Gasteiger partial charge in [-0.3, -0.25) is 4.79 Å². The molecule has 25 heavy (non-hydrogen) atoms. The summed E-state index contributed by atoms with van der Waals surface area (Å²) in [5.74, 6) is 0.0145. The number of carbonyl (C=O) groups is 1. The second-order valence-electron chi connectivity index (χ2n) is 6.60. The van der Waals surface area contributed by atoms with Crippen molar-refractivity contribution in [2.75, 3.05) is 32.8 Å². The van der Waals surface area contributed by atoms with E-state index in [1.807, 2.05) is 11.8 Å². The lowest BCUT2D eigenvalue weighted by Gasteiger charge is -2.36. The molecule has 0 aliphatic carbocycles. The van der Waals surface area contributed by atoms with E-state index in [-0.39, 0.29) is 22.8 Å². The molecule has 0 N–H and O–H groups in total. The third-order valence-electron chi connectivity index (χ3n) is 4.81. The molecule has 6 nitrogen and oxygen atoms in total. The van der Waals surface area contributed by atoms with E-state index < -0.39 is 10.0 Å². The molecule has 2 fully saturated rings. The maximum absolute atomic E-state index is 12.7. The van der Waals surface area contributed by atoms with E-state index in [0.717, 1.165) is 0 Å². The Kier molecular flexibility index (Phi) is 5.68. The first-order chi connectivity index (χ1) is 11.9. The third kappa shape index (κ3) is 4.16. The molecule has 1 aromatic carbocycles. The molecular formula is C17H23ClN2O4S.